The molecule has 0 aliphatic carbocycles. The van der Waals surface area contributed by atoms with Crippen LogP contribution in [0.2, 0.25) is 0 Å². The Hall–Kier alpha value is -1.55. The Morgan fingerprint density at radius 1 is 1.46 bits per heavy atom. The van der Waals surface area contributed by atoms with Crippen LogP contribution in [0, 0.1) is 0 Å². The number of hydrogen-bond donors (Lipinski definition) is 2. The Morgan fingerprint density at radius 2 is 2.15 bits per heavy atom. The molecule has 0 bridgehead atoms. The standard InChI is InChI=1S/C9H9NO3/c11-8-7-4-2-1-3-6(7)5-10(8)9(12)13/h1-4,8,11H,5H2,(H,12,13). The molecule has 1 aromatic carbocycles. The van der Waals surface area contributed by atoms with Crippen molar-refractivity contribution in [1.82, 2.24) is 4.90 Å². The van der Waals surface area contributed by atoms with Crippen molar-refractivity contribution in [1.29, 1.82) is 0 Å². The number of carboxylic acid groups (broad SMARTS) is 1. The van der Waals surface area contributed by atoms with E-state index in [4.69, 9.17) is 5.11 Å². The number of amides is 1. The zero-order chi connectivity index (χ0) is 9.42. The summed E-state index contributed by atoms with van der Waals surface area (Å²) in [6.45, 7) is 0.271. The van der Waals surface area contributed by atoms with Crippen molar-refractivity contribution >= 4 is 6.09 Å². The van der Waals surface area contributed by atoms with E-state index in [2.05, 4.69) is 0 Å². The molecule has 1 unspecified atom stereocenters. The maximum Gasteiger partial charge on any atom is 0.409 e. The second-order valence-corrected chi connectivity index (χ2v) is 2.98. The molecule has 2 N–H and O–H groups in total. The molecule has 1 aliphatic heterocycles. The van der Waals surface area contributed by atoms with Crippen molar-refractivity contribution in [3.8, 4) is 0 Å². The maximum atomic E-state index is 10.6. The largest absolute Gasteiger partial charge is 0.465 e. The van der Waals surface area contributed by atoms with Crippen LogP contribution in [0.25, 0.3) is 0 Å². The molecule has 68 valence electrons. The number of fused-ring (bicyclic) bond motifs is 1. The molecule has 0 aromatic heterocycles. The zero-order valence-electron chi connectivity index (χ0n) is 6.84. The number of rotatable bonds is 0. The lowest BCUT2D eigenvalue weighted by Crippen LogP contribution is -2.27. The molecule has 0 spiro atoms. The summed E-state index contributed by atoms with van der Waals surface area (Å²) in [6, 6.07) is 7.18. The molecule has 2 rings (SSSR count). The molecule has 0 fully saturated rings. The van der Waals surface area contributed by atoms with Crippen molar-refractivity contribution in [3.05, 3.63) is 35.4 Å². The first kappa shape index (κ1) is 8.07. The van der Waals surface area contributed by atoms with Gasteiger partial charge in [-0.25, -0.2) is 4.79 Å². The van der Waals surface area contributed by atoms with Crippen LogP contribution in [0.15, 0.2) is 24.3 Å². The van der Waals surface area contributed by atoms with E-state index in [1.807, 2.05) is 12.1 Å². The van der Waals surface area contributed by atoms with Crippen LogP contribution in [0.4, 0.5) is 4.79 Å². The van der Waals surface area contributed by atoms with Gasteiger partial charge in [-0.05, 0) is 5.56 Å². The van der Waals surface area contributed by atoms with E-state index in [-0.39, 0.29) is 6.54 Å². The fraction of sp³-hybridized carbons (Fsp3) is 0.222. The minimum absolute atomic E-state index is 0.271. The van der Waals surface area contributed by atoms with Gasteiger partial charge >= 0.3 is 6.09 Å². The van der Waals surface area contributed by atoms with Crippen molar-refractivity contribution in [3.63, 3.8) is 0 Å². The molecular weight excluding hydrogens is 170 g/mol. The Morgan fingerprint density at radius 3 is 2.77 bits per heavy atom. The molecule has 1 heterocycles. The summed E-state index contributed by atoms with van der Waals surface area (Å²) in [5.74, 6) is 0. The summed E-state index contributed by atoms with van der Waals surface area (Å²) in [5, 5.41) is 18.3. The van der Waals surface area contributed by atoms with E-state index >= 15 is 0 Å². The summed E-state index contributed by atoms with van der Waals surface area (Å²) in [4.78, 5) is 11.7. The highest BCUT2D eigenvalue weighted by molar-refractivity contribution is 5.67. The summed E-state index contributed by atoms with van der Waals surface area (Å²) in [7, 11) is 0. The summed E-state index contributed by atoms with van der Waals surface area (Å²) in [5.41, 5.74) is 1.56. The third-order valence-corrected chi connectivity index (χ3v) is 2.21. The zero-order valence-corrected chi connectivity index (χ0v) is 6.84. The molecule has 4 nitrogen and oxygen atoms in total. The van der Waals surface area contributed by atoms with Gasteiger partial charge in [0.2, 0.25) is 0 Å². The maximum absolute atomic E-state index is 10.6. The van der Waals surface area contributed by atoms with Crippen molar-refractivity contribution in [2.24, 2.45) is 0 Å². The van der Waals surface area contributed by atoms with Gasteiger partial charge in [-0.15, -0.1) is 0 Å². The average molecular weight is 179 g/mol. The van der Waals surface area contributed by atoms with Crippen LogP contribution in [0.3, 0.4) is 0 Å². The number of nitrogens with zero attached hydrogens (tertiary/aromatic N) is 1. The van der Waals surface area contributed by atoms with E-state index in [9.17, 15) is 9.90 Å². The molecule has 0 saturated carbocycles. The van der Waals surface area contributed by atoms with Crippen LogP contribution < -0.4 is 0 Å². The van der Waals surface area contributed by atoms with Gasteiger partial charge in [-0.2, -0.15) is 0 Å². The van der Waals surface area contributed by atoms with Crippen molar-refractivity contribution in [2.75, 3.05) is 0 Å². The third kappa shape index (κ3) is 1.15. The number of hydrogen-bond acceptors (Lipinski definition) is 2. The van der Waals surface area contributed by atoms with Gasteiger partial charge in [-0.1, -0.05) is 24.3 Å². The summed E-state index contributed by atoms with van der Waals surface area (Å²) < 4.78 is 0. The highest BCUT2D eigenvalue weighted by atomic mass is 16.4. The van der Waals surface area contributed by atoms with Gasteiger partial charge in [0.25, 0.3) is 0 Å². The molecular formula is C9H9NO3. The SMILES string of the molecule is O=C(O)N1Cc2ccccc2C1O. The Bertz CT molecular complexity index is 350. The first-order chi connectivity index (χ1) is 6.20. The lowest BCUT2D eigenvalue weighted by Gasteiger charge is -2.15. The Balaban J connectivity index is 2.38. The minimum Gasteiger partial charge on any atom is -0.465 e. The van der Waals surface area contributed by atoms with E-state index in [1.165, 1.54) is 0 Å². The topological polar surface area (TPSA) is 60.8 Å². The van der Waals surface area contributed by atoms with Crippen LogP contribution >= 0.6 is 0 Å². The summed E-state index contributed by atoms with van der Waals surface area (Å²) in [6.07, 6.45) is -2.10. The number of benzene rings is 1. The third-order valence-electron chi connectivity index (χ3n) is 2.21. The smallest absolute Gasteiger partial charge is 0.409 e. The van der Waals surface area contributed by atoms with E-state index in [0.717, 1.165) is 10.5 Å². The summed E-state index contributed by atoms with van der Waals surface area (Å²) >= 11 is 0. The molecule has 1 aliphatic rings. The quantitative estimate of drug-likeness (QED) is 0.628. The first-order valence-corrected chi connectivity index (χ1v) is 3.95. The van der Waals surface area contributed by atoms with E-state index < -0.39 is 12.3 Å². The fourth-order valence-corrected chi connectivity index (χ4v) is 1.54. The second kappa shape index (κ2) is 2.74. The molecule has 1 aromatic rings. The lowest BCUT2D eigenvalue weighted by molar-refractivity contribution is 0.0210. The predicted molar refractivity (Wildman–Crippen MR) is 45.0 cm³/mol. The normalized spacial score (nSPS) is 20.1. The molecule has 1 atom stereocenters. The second-order valence-electron chi connectivity index (χ2n) is 2.98. The van der Waals surface area contributed by atoms with Crippen LogP contribution in [-0.4, -0.2) is 21.2 Å². The molecule has 0 saturated heterocycles. The van der Waals surface area contributed by atoms with Crippen LogP contribution in [-0.2, 0) is 6.54 Å². The van der Waals surface area contributed by atoms with Gasteiger partial charge in [0.1, 0.15) is 0 Å². The fourth-order valence-electron chi connectivity index (χ4n) is 1.54. The number of aliphatic hydroxyl groups is 1. The van der Waals surface area contributed by atoms with Gasteiger partial charge in [-0.3, -0.25) is 4.90 Å². The monoisotopic (exact) mass is 179 g/mol. The highest BCUT2D eigenvalue weighted by Gasteiger charge is 2.31. The van der Waals surface area contributed by atoms with Crippen molar-refractivity contribution < 1.29 is 15.0 Å². The Kier molecular flexibility index (Phi) is 1.70. The van der Waals surface area contributed by atoms with Crippen LogP contribution in [0.5, 0.6) is 0 Å². The van der Waals surface area contributed by atoms with E-state index in [0.29, 0.717) is 5.56 Å². The van der Waals surface area contributed by atoms with Gasteiger partial charge in [0, 0.05) is 5.56 Å². The lowest BCUT2D eigenvalue weighted by atomic mass is 10.1. The van der Waals surface area contributed by atoms with Gasteiger partial charge < -0.3 is 10.2 Å². The molecule has 13 heavy (non-hydrogen) atoms. The predicted octanol–water partition coefficient (Wildman–Crippen LogP) is 1.17. The number of carbonyl (C=O) groups is 1. The van der Waals surface area contributed by atoms with Gasteiger partial charge in [0.05, 0.1) is 6.54 Å². The molecule has 1 amide bonds. The minimum atomic E-state index is -1.09. The molecule has 0 radical (unpaired) electrons. The van der Waals surface area contributed by atoms with Crippen LogP contribution in [0.1, 0.15) is 17.4 Å². The number of aliphatic hydroxyl groups excluding tert-OH is 1. The highest BCUT2D eigenvalue weighted by Crippen LogP contribution is 2.30. The van der Waals surface area contributed by atoms with Gasteiger partial charge in [0.15, 0.2) is 6.23 Å². The average Bonchev–Trinajstić information content (AvgIpc) is 2.45. The first-order valence-electron chi connectivity index (χ1n) is 3.95. The van der Waals surface area contributed by atoms with Crippen molar-refractivity contribution in [2.45, 2.75) is 12.8 Å². The van der Waals surface area contributed by atoms with E-state index in [1.54, 1.807) is 12.1 Å². The molecule has 4 heteroatoms. The Labute approximate surface area is 75.0 Å².